The van der Waals surface area contributed by atoms with Gasteiger partial charge in [0.2, 0.25) is 5.91 Å². The minimum Gasteiger partial charge on any atom is -0.490 e. The predicted octanol–water partition coefficient (Wildman–Crippen LogP) is 5.29. The second-order valence-electron chi connectivity index (χ2n) is 11.7. The summed E-state index contributed by atoms with van der Waals surface area (Å²) in [6, 6.07) is 7.87. The molecule has 0 saturated heterocycles. The van der Waals surface area contributed by atoms with Crippen molar-refractivity contribution in [2.45, 2.75) is 83.8 Å². The van der Waals surface area contributed by atoms with Gasteiger partial charge in [-0.2, -0.15) is 13.2 Å². The highest BCUT2D eigenvalue weighted by atomic mass is 19.4. The van der Waals surface area contributed by atoms with Gasteiger partial charge in [0, 0.05) is 56.7 Å². The van der Waals surface area contributed by atoms with Crippen molar-refractivity contribution in [3.63, 3.8) is 0 Å². The van der Waals surface area contributed by atoms with Crippen molar-refractivity contribution in [2.24, 2.45) is 5.92 Å². The van der Waals surface area contributed by atoms with Gasteiger partial charge in [0.1, 0.15) is 5.75 Å². The Morgan fingerprint density at radius 2 is 1.93 bits per heavy atom. The highest BCUT2D eigenvalue weighted by Crippen LogP contribution is 2.29. The van der Waals surface area contributed by atoms with Gasteiger partial charge in [-0.1, -0.05) is 6.92 Å². The predicted molar refractivity (Wildman–Crippen MR) is 161 cm³/mol. The third-order valence-electron chi connectivity index (χ3n) is 7.66. The lowest BCUT2D eigenvalue weighted by Gasteiger charge is -2.36. The van der Waals surface area contributed by atoms with Crippen LogP contribution < -0.4 is 10.1 Å². The first-order chi connectivity index (χ1) is 20.9. The SMILES string of the molecule is C[C@@H]1CCCCO[C@H](CN(C)Cc2ccncc2)[C@@H](C)CN([C@H](C)CO)C(=O)c2cc(NC(=O)CCC(F)(F)F)ccc2O1. The first-order valence-corrected chi connectivity index (χ1v) is 15.1. The Kier molecular flexibility index (Phi) is 13.4. The molecule has 9 nitrogen and oxygen atoms in total. The number of rotatable bonds is 9. The van der Waals surface area contributed by atoms with E-state index in [2.05, 4.69) is 15.2 Å². The topological polar surface area (TPSA) is 104 Å². The van der Waals surface area contributed by atoms with Crippen molar-refractivity contribution in [3.8, 4) is 5.75 Å². The van der Waals surface area contributed by atoms with E-state index in [0.717, 1.165) is 18.4 Å². The van der Waals surface area contributed by atoms with Crippen LogP contribution in [0.25, 0.3) is 0 Å². The molecule has 0 fully saturated rings. The summed E-state index contributed by atoms with van der Waals surface area (Å²) in [6.45, 7) is 7.51. The summed E-state index contributed by atoms with van der Waals surface area (Å²) in [4.78, 5) is 34.2. The summed E-state index contributed by atoms with van der Waals surface area (Å²) in [5.74, 6) is -1.05. The molecule has 1 aromatic heterocycles. The lowest BCUT2D eigenvalue weighted by molar-refractivity contribution is -0.142. The monoisotopic (exact) mass is 622 g/mol. The van der Waals surface area contributed by atoms with E-state index in [-0.39, 0.29) is 42.5 Å². The van der Waals surface area contributed by atoms with Crippen molar-refractivity contribution in [3.05, 3.63) is 53.9 Å². The minimum atomic E-state index is -4.46. The fourth-order valence-electron chi connectivity index (χ4n) is 5.11. The molecule has 12 heteroatoms. The molecule has 2 heterocycles. The molecular formula is C32H45F3N4O5. The molecule has 44 heavy (non-hydrogen) atoms. The standard InChI is InChI=1S/C32H45F3N4O5/c1-22-18-39(23(2)21-40)31(42)27-17-26(37-30(41)10-13-32(33,34)35)8-9-28(27)44-24(3)7-5-6-16-43-29(22)20-38(4)19-25-11-14-36-15-12-25/h8-9,11-12,14-15,17,22-24,29,40H,5-7,10,13,16,18-21H2,1-4H3,(H,37,41)/t22-,23+,24+,29+/m0/s1. The Labute approximate surface area is 257 Å². The van der Waals surface area contributed by atoms with E-state index in [1.807, 2.05) is 33.0 Å². The zero-order valence-electron chi connectivity index (χ0n) is 26.0. The number of amides is 2. The number of aromatic nitrogens is 1. The average Bonchev–Trinajstić information content (AvgIpc) is 2.97. The molecule has 2 N–H and O–H groups in total. The van der Waals surface area contributed by atoms with Crippen LogP contribution in [0.5, 0.6) is 5.75 Å². The van der Waals surface area contributed by atoms with Gasteiger partial charge in [-0.15, -0.1) is 0 Å². The van der Waals surface area contributed by atoms with E-state index in [1.54, 1.807) is 30.3 Å². The molecule has 2 amide bonds. The van der Waals surface area contributed by atoms with Crippen LogP contribution in [-0.4, -0.2) is 89.5 Å². The first-order valence-electron chi connectivity index (χ1n) is 15.1. The lowest BCUT2D eigenvalue weighted by atomic mass is 10.0. The lowest BCUT2D eigenvalue weighted by Crippen LogP contribution is -2.47. The number of aliphatic hydroxyl groups is 1. The molecule has 3 rings (SSSR count). The summed E-state index contributed by atoms with van der Waals surface area (Å²) < 4.78 is 50.5. The van der Waals surface area contributed by atoms with E-state index in [1.165, 1.54) is 12.1 Å². The summed E-state index contributed by atoms with van der Waals surface area (Å²) >= 11 is 0. The number of pyridine rings is 1. The maximum Gasteiger partial charge on any atom is 0.389 e. The summed E-state index contributed by atoms with van der Waals surface area (Å²) in [5.41, 5.74) is 1.46. The number of hydrogen-bond acceptors (Lipinski definition) is 7. The Morgan fingerprint density at radius 3 is 2.61 bits per heavy atom. The Bertz CT molecular complexity index is 1200. The van der Waals surface area contributed by atoms with E-state index in [4.69, 9.17) is 9.47 Å². The fourth-order valence-corrected chi connectivity index (χ4v) is 5.11. The van der Waals surface area contributed by atoms with Crippen LogP contribution in [-0.2, 0) is 16.1 Å². The minimum absolute atomic E-state index is 0.121. The first kappa shape index (κ1) is 35.3. The van der Waals surface area contributed by atoms with Crippen LogP contribution in [0.15, 0.2) is 42.7 Å². The molecule has 0 bridgehead atoms. The largest absolute Gasteiger partial charge is 0.490 e. The third-order valence-corrected chi connectivity index (χ3v) is 7.66. The number of halogens is 3. The number of hydrogen-bond donors (Lipinski definition) is 2. The molecular weight excluding hydrogens is 577 g/mol. The molecule has 1 aliphatic heterocycles. The van der Waals surface area contributed by atoms with E-state index in [0.29, 0.717) is 31.9 Å². The number of benzene rings is 1. The number of anilines is 1. The van der Waals surface area contributed by atoms with E-state index >= 15 is 0 Å². The van der Waals surface area contributed by atoms with Crippen LogP contribution in [0.4, 0.5) is 18.9 Å². The van der Waals surface area contributed by atoms with Gasteiger partial charge < -0.3 is 24.8 Å². The van der Waals surface area contributed by atoms with Crippen molar-refractivity contribution in [1.29, 1.82) is 0 Å². The van der Waals surface area contributed by atoms with Crippen LogP contribution >= 0.6 is 0 Å². The second-order valence-corrected chi connectivity index (χ2v) is 11.7. The zero-order chi connectivity index (χ0) is 32.3. The average molecular weight is 623 g/mol. The number of carbonyl (C=O) groups excluding carboxylic acids is 2. The summed E-state index contributed by atoms with van der Waals surface area (Å²) in [5, 5.41) is 12.6. The molecule has 0 unspecified atom stereocenters. The van der Waals surface area contributed by atoms with Crippen LogP contribution in [0.2, 0.25) is 0 Å². The Balaban J connectivity index is 1.89. The van der Waals surface area contributed by atoms with Crippen LogP contribution in [0.3, 0.4) is 0 Å². The third kappa shape index (κ3) is 11.4. The smallest absolute Gasteiger partial charge is 0.389 e. The molecule has 1 aromatic carbocycles. The van der Waals surface area contributed by atoms with Crippen LogP contribution in [0, 0.1) is 5.92 Å². The quantitative estimate of drug-likeness (QED) is 0.392. The molecule has 244 valence electrons. The van der Waals surface area contributed by atoms with Gasteiger partial charge in [0.15, 0.2) is 0 Å². The number of alkyl halides is 3. The second kappa shape index (κ2) is 16.7. The normalized spacial score (nSPS) is 21.2. The zero-order valence-corrected chi connectivity index (χ0v) is 26.0. The summed E-state index contributed by atoms with van der Waals surface area (Å²) in [7, 11) is 2.01. The fraction of sp³-hybridized carbons (Fsp3) is 0.594. The number of aliphatic hydroxyl groups excluding tert-OH is 1. The molecule has 0 saturated carbocycles. The molecule has 1 aliphatic rings. The number of likely N-dealkylation sites (N-methyl/N-ethyl adjacent to an activating group) is 1. The van der Waals surface area contributed by atoms with Gasteiger partial charge >= 0.3 is 6.18 Å². The molecule has 2 aromatic rings. The van der Waals surface area contributed by atoms with Gasteiger partial charge in [-0.25, -0.2) is 0 Å². The van der Waals surface area contributed by atoms with E-state index in [9.17, 15) is 27.9 Å². The molecule has 0 radical (unpaired) electrons. The highest BCUT2D eigenvalue weighted by Gasteiger charge is 2.31. The van der Waals surface area contributed by atoms with Gasteiger partial charge in [-0.05, 0) is 76.1 Å². The number of carbonyl (C=O) groups is 2. The van der Waals surface area contributed by atoms with Gasteiger partial charge in [-0.3, -0.25) is 19.5 Å². The van der Waals surface area contributed by atoms with E-state index < -0.39 is 36.9 Å². The Morgan fingerprint density at radius 1 is 1.20 bits per heavy atom. The summed E-state index contributed by atoms with van der Waals surface area (Å²) in [6.07, 6.45) is -0.977. The van der Waals surface area contributed by atoms with Gasteiger partial charge in [0.25, 0.3) is 5.91 Å². The van der Waals surface area contributed by atoms with Crippen molar-refractivity contribution < 1.29 is 37.3 Å². The van der Waals surface area contributed by atoms with Crippen molar-refractivity contribution >= 4 is 17.5 Å². The maximum atomic E-state index is 14.1. The number of nitrogens with zero attached hydrogens (tertiary/aromatic N) is 3. The molecule has 0 aliphatic carbocycles. The number of ether oxygens (including phenoxy) is 2. The number of nitrogens with one attached hydrogen (secondary N) is 1. The highest BCUT2D eigenvalue weighted by molar-refractivity contribution is 5.99. The molecule has 4 atom stereocenters. The number of fused-ring (bicyclic) bond motifs is 1. The van der Waals surface area contributed by atoms with Crippen molar-refractivity contribution in [2.75, 3.05) is 38.7 Å². The maximum absolute atomic E-state index is 14.1. The Hall–Kier alpha value is -3.22. The van der Waals surface area contributed by atoms with Gasteiger partial charge in [0.05, 0.1) is 36.8 Å². The van der Waals surface area contributed by atoms with Crippen LogP contribution in [0.1, 0.15) is 68.8 Å². The molecule has 0 spiro atoms. The van der Waals surface area contributed by atoms with Crippen molar-refractivity contribution in [1.82, 2.24) is 14.8 Å².